The highest BCUT2D eigenvalue weighted by Crippen LogP contribution is 2.54. The molecular formula is C8H4F13I. The molecule has 14 heteroatoms. The molecule has 0 heterocycles. The first-order valence-electron chi connectivity index (χ1n) is 4.86. The van der Waals surface area contributed by atoms with E-state index in [2.05, 4.69) is 0 Å². The summed E-state index contributed by atoms with van der Waals surface area (Å²) in [5, 5.41) is 0. The first-order valence-corrected chi connectivity index (χ1v) is 6.10. The number of hydrogen-bond donors (Lipinski definition) is 0. The number of alkyl halides is 14. The van der Waals surface area contributed by atoms with E-state index in [1.807, 2.05) is 0 Å². The average Bonchev–Trinajstić information content (AvgIpc) is 2.17. The van der Waals surface area contributed by atoms with Crippen LogP contribution >= 0.6 is 22.6 Å². The molecule has 1 unspecified atom stereocenters. The summed E-state index contributed by atoms with van der Waals surface area (Å²) in [5.74, 6) is -4.53. The van der Waals surface area contributed by atoms with Gasteiger partial charge in [-0.25, -0.2) is 4.39 Å². The van der Waals surface area contributed by atoms with Crippen LogP contribution in [0.3, 0.4) is 0 Å². The summed E-state index contributed by atoms with van der Waals surface area (Å²) < 4.78 is 156. The number of hydrogen-bond acceptors (Lipinski definition) is 0. The molecule has 0 bridgehead atoms. The lowest BCUT2D eigenvalue weighted by atomic mass is 9.91. The quantitative estimate of drug-likeness (QED) is 0.278. The Labute approximate surface area is 127 Å². The van der Waals surface area contributed by atoms with Gasteiger partial charge in [-0.2, -0.15) is 52.7 Å². The Morgan fingerprint density at radius 3 is 1.05 bits per heavy atom. The Balaban J connectivity index is 5.76. The standard InChI is InChI=1S/C8H4F13I/c9-4(7(16,17)18,8(19,20)21)3(22)1-2(5(10,11)12)6(13,14)15/h2-3H,1H2. The molecule has 0 aromatic rings. The SMILES string of the molecule is FC(F)(F)C(CC(I)C(F)(C(F)(F)F)C(F)(F)F)C(F)(F)F. The molecule has 0 fully saturated rings. The smallest absolute Gasteiger partial charge is 0.222 e. The summed E-state index contributed by atoms with van der Waals surface area (Å²) >= 11 is -0.0490. The van der Waals surface area contributed by atoms with Crippen LogP contribution in [0.5, 0.6) is 0 Å². The van der Waals surface area contributed by atoms with Crippen LogP contribution in [0.25, 0.3) is 0 Å². The third-order valence-electron chi connectivity index (χ3n) is 2.49. The van der Waals surface area contributed by atoms with E-state index in [4.69, 9.17) is 0 Å². The zero-order valence-electron chi connectivity index (χ0n) is 9.65. The van der Waals surface area contributed by atoms with Gasteiger partial charge in [0.05, 0.1) is 3.92 Å². The van der Waals surface area contributed by atoms with Crippen molar-refractivity contribution in [1.29, 1.82) is 0 Å². The summed E-state index contributed by atoms with van der Waals surface area (Å²) in [5.41, 5.74) is -6.21. The second-order valence-corrected chi connectivity index (χ2v) is 5.55. The van der Waals surface area contributed by atoms with E-state index in [1.54, 1.807) is 0 Å². The van der Waals surface area contributed by atoms with E-state index < -0.39 is 46.6 Å². The highest BCUT2D eigenvalue weighted by Gasteiger charge is 2.76. The lowest BCUT2D eigenvalue weighted by Crippen LogP contribution is -2.60. The molecule has 0 saturated heterocycles. The van der Waals surface area contributed by atoms with Gasteiger partial charge in [0.25, 0.3) is 0 Å². The average molecular weight is 474 g/mol. The Hall–Kier alpha value is -0.180. The molecule has 0 aliphatic rings. The Morgan fingerprint density at radius 2 is 0.864 bits per heavy atom. The van der Waals surface area contributed by atoms with Gasteiger partial charge in [-0.05, 0) is 6.42 Å². The fraction of sp³-hybridized carbons (Fsp3) is 1.00. The second-order valence-electron chi connectivity index (χ2n) is 4.05. The van der Waals surface area contributed by atoms with Crippen LogP contribution < -0.4 is 0 Å². The Bertz CT molecular complexity index is 343. The molecule has 0 radical (unpaired) electrons. The fourth-order valence-electron chi connectivity index (χ4n) is 1.34. The molecule has 0 spiro atoms. The molecule has 0 amide bonds. The lowest BCUT2D eigenvalue weighted by molar-refractivity contribution is -0.345. The van der Waals surface area contributed by atoms with Crippen LogP contribution in [0, 0.1) is 5.92 Å². The maximum Gasteiger partial charge on any atom is 0.432 e. The molecule has 1 atom stereocenters. The van der Waals surface area contributed by atoms with Crippen molar-refractivity contribution in [2.75, 3.05) is 0 Å². The van der Waals surface area contributed by atoms with Crippen LogP contribution in [-0.4, -0.2) is 34.3 Å². The summed E-state index contributed by atoms with van der Waals surface area (Å²) in [7, 11) is 0. The molecule has 0 saturated carbocycles. The van der Waals surface area contributed by atoms with Crippen LogP contribution in [0.1, 0.15) is 6.42 Å². The molecule has 0 aliphatic carbocycles. The molecule has 0 aliphatic heterocycles. The molecule has 0 aromatic carbocycles. The minimum atomic E-state index is -6.74. The first kappa shape index (κ1) is 21.8. The van der Waals surface area contributed by atoms with E-state index in [0.29, 0.717) is 0 Å². The largest absolute Gasteiger partial charge is 0.432 e. The molecule has 0 aromatic heterocycles. The predicted molar refractivity (Wildman–Crippen MR) is 54.0 cm³/mol. The first-order chi connectivity index (χ1) is 9.26. The maximum absolute atomic E-state index is 13.3. The van der Waals surface area contributed by atoms with Gasteiger partial charge < -0.3 is 0 Å². The maximum atomic E-state index is 13.3. The van der Waals surface area contributed by atoms with Crippen LogP contribution in [0.15, 0.2) is 0 Å². The zero-order chi connectivity index (χ0) is 18.4. The predicted octanol–water partition coefficient (Wildman–Crippen LogP) is 5.75. The summed E-state index contributed by atoms with van der Waals surface area (Å²) in [6, 6.07) is 0. The van der Waals surface area contributed by atoms with Gasteiger partial charge in [-0.15, -0.1) is 0 Å². The summed E-state index contributed by atoms with van der Waals surface area (Å²) in [4.78, 5) is 0. The van der Waals surface area contributed by atoms with Gasteiger partial charge in [-0.3, -0.25) is 0 Å². The van der Waals surface area contributed by atoms with Crippen molar-refractivity contribution in [2.45, 2.75) is 40.7 Å². The normalized spacial score (nSPS) is 17.0. The zero-order valence-corrected chi connectivity index (χ0v) is 11.8. The van der Waals surface area contributed by atoms with Crippen LogP contribution in [0.2, 0.25) is 0 Å². The van der Waals surface area contributed by atoms with Gasteiger partial charge >= 0.3 is 30.4 Å². The van der Waals surface area contributed by atoms with Crippen LogP contribution in [0.4, 0.5) is 57.1 Å². The monoisotopic (exact) mass is 474 g/mol. The Kier molecular flexibility index (Phi) is 5.98. The Morgan fingerprint density at radius 1 is 0.591 bits per heavy atom. The van der Waals surface area contributed by atoms with Gasteiger partial charge in [0, 0.05) is 0 Å². The van der Waals surface area contributed by atoms with Gasteiger partial charge in [0.1, 0.15) is 0 Å². The number of rotatable bonds is 3. The highest BCUT2D eigenvalue weighted by atomic mass is 127. The van der Waals surface area contributed by atoms with Crippen molar-refractivity contribution < 1.29 is 57.1 Å². The lowest BCUT2D eigenvalue weighted by Gasteiger charge is -2.36. The van der Waals surface area contributed by atoms with E-state index >= 15 is 0 Å². The fourth-order valence-corrected chi connectivity index (χ4v) is 2.55. The van der Waals surface area contributed by atoms with Crippen molar-refractivity contribution >= 4 is 22.6 Å². The van der Waals surface area contributed by atoms with E-state index in [1.165, 1.54) is 0 Å². The van der Waals surface area contributed by atoms with Gasteiger partial charge in [0.15, 0.2) is 5.92 Å². The number of halogens is 14. The van der Waals surface area contributed by atoms with Crippen LogP contribution in [-0.2, 0) is 0 Å². The molecule has 22 heavy (non-hydrogen) atoms. The second kappa shape index (κ2) is 6.03. The summed E-state index contributed by atoms with van der Waals surface area (Å²) in [6.07, 6.45) is -28.6. The molecule has 0 nitrogen and oxygen atoms in total. The minimum absolute atomic E-state index is 0.0490. The summed E-state index contributed by atoms with van der Waals surface area (Å²) in [6.45, 7) is 0. The molecule has 0 rings (SSSR count). The van der Waals surface area contributed by atoms with E-state index in [0.717, 1.165) is 0 Å². The van der Waals surface area contributed by atoms with E-state index in [-0.39, 0.29) is 22.6 Å². The minimum Gasteiger partial charge on any atom is -0.222 e. The van der Waals surface area contributed by atoms with Gasteiger partial charge in [0.2, 0.25) is 0 Å². The van der Waals surface area contributed by atoms with Crippen molar-refractivity contribution in [3.63, 3.8) is 0 Å². The van der Waals surface area contributed by atoms with E-state index in [9.17, 15) is 57.1 Å². The molecular weight excluding hydrogens is 470 g/mol. The van der Waals surface area contributed by atoms with Crippen molar-refractivity contribution in [3.8, 4) is 0 Å². The van der Waals surface area contributed by atoms with Crippen molar-refractivity contribution in [2.24, 2.45) is 5.92 Å². The third-order valence-corrected chi connectivity index (χ3v) is 3.86. The van der Waals surface area contributed by atoms with Crippen molar-refractivity contribution in [3.05, 3.63) is 0 Å². The topological polar surface area (TPSA) is 0 Å². The van der Waals surface area contributed by atoms with Gasteiger partial charge in [-0.1, -0.05) is 22.6 Å². The highest BCUT2D eigenvalue weighted by molar-refractivity contribution is 14.1. The molecule has 0 N–H and O–H groups in total. The molecule has 134 valence electrons. The third kappa shape index (κ3) is 4.43. The van der Waals surface area contributed by atoms with Crippen molar-refractivity contribution in [1.82, 2.24) is 0 Å².